The van der Waals surface area contributed by atoms with E-state index in [0.717, 1.165) is 41.4 Å². The second-order valence-electron chi connectivity index (χ2n) is 6.60. The number of para-hydroxylation sites is 1. The summed E-state index contributed by atoms with van der Waals surface area (Å²) in [7, 11) is 0. The Balaban J connectivity index is 1.51. The van der Waals surface area contributed by atoms with Gasteiger partial charge in [-0.3, -0.25) is 9.78 Å². The first-order chi connectivity index (χ1) is 13.7. The zero-order valence-corrected chi connectivity index (χ0v) is 15.1. The van der Waals surface area contributed by atoms with Gasteiger partial charge in [0.1, 0.15) is 0 Å². The van der Waals surface area contributed by atoms with Crippen LogP contribution in [0.4, 0.5) is 5.69 Å². The number of rotatable bonds is 4. The fourth-order valence-corrected chi connectivity index (χ4v) is 3.51. The van der Waals surface area contributed by atoms with Gasteiger partial charge in [0.2, 0.25) is 0 Å². The second-order valence-corrected chi connectivity index (χ2v) is 6.60. The highest BCUT2D eigenvalue weighted by molar-refractivity contribution is 6.06. The molecule has 1 heterocycles. The van der Waals surface area contributed by atoms with Gasteiger partial charge in [0.05, 0.1) is 22.7 Å². The first kappa shape index (κ1) is 17.7. The third-order valence-electron chi connectivity index (χ3n) is 4.73. The number of aromatic nitrogens is 1. The van der Waals surface area contributed by atoms with Crippen molar-refractivity contribution in [1.29, 1.82) is 5.26 Å². The number of amides is 1. The summed E-state index contributed by atoms with van der Waals surface area (Å²) in [5.74, 6) is -0.976. The Morgan fingerprint density at radius 1 is 1.14 bits per heavy atom. The number of carbonyl (C=O) groups is 2. The number of carbonyl (C=O) groups excluding carboxylic acids is 2. The minimum atomic E-state index is -0.516. The highest BCUT2D eigenvalue weighted by Gasteiger charge is 2.25. The molecule has 6 nitrogen and oxygen atoms in total. The Morgan fingerprint density at radius 3 is 2.86 bits per heavy atom. The Labute approximate surface area is 161 Å². The highest BCUT2D eigenvalue weighted by Crippen LogP contribution is 2.30. The number of fused-ring (bicyclic) bond motifs is 2. The number of pyridine rings is 1. The van der Waals surface area contributed by atoms with Crippen LogP contribution < -0.4 is 5.32 Å². The molecule has 0 radical (unpaired) electrons. The van der Waals surface area contributed by atoms with E-state index in [1.54, 1.807) is 24.3 Å². The summed E-state index contributed by atoms with van der Waals surface area (Å²) in [4.78, 5) is 29.6. The number of hydrogen-bond donors (Lipinski definition) is 1. The largest absolute Gasteiger partial charge is 0.452 e. The number of anilines is 1. The minimum Gasteiger partial charge on any atom is -0.452 e. The summed E-state index contributed by atoms with van der Waals surface area (Å²) >= 11 is 0. The maximum Gasteiger partial charge on any atom is 0.339 e. The van der Waals surface area contributed by atoms with Gasteiger partial charge in [-0.25, -0.2) is 4.79 Å². The molecule has 2 aromatic carbocycles. The summed E-state index contributed by atoms with van der Waals surface area (Å²) in [6.45, 7) is -0.402. The van der Waals surface area contributed by atoms with Gasteiger partial charge in [0.25, 0.3) is 5.91 Å². The van der Waals surface area contributed by atoms with E-state index >= 15 is 0 Å². The molecule has 0 atom stereocenters. The average Bonchev–Trinajstić information content (AvgIpc) is 3.18. The van der Waals surface area contributed by atoms with Crippen LogP contribution >= 0.6 is 0 Å². The zero-order chi connectivity index (χ0) is 19.5. The Kier molecular flexibility index (Phi) is 4.73. The number of nitrogens with one attached hydrogen (secondary N) is 1. The quantitative estimate of drug-likeness (QED) is 0.710. The van der Waals surface area contributed by atoms with Crippen molar-refractivity contribution in [2.75, 3.05) is 11.9 Å². The van der Waals surface area contributed by atoms with Crippen LogP contribution in [0.25, 0.3) is 10.9 Å². The highest BCUT2D eigenvalue weighted by atomic mass is 16.5. The molecule has 0 unspecified atom stereocenters. The average molecular weight is 371 g/mol. The van der Waals surface area contributed by atoms with Gasteiger partial charge in [0, 0.05) is 16.8 Å². The molecule has 0 saturated carbocycles. The normalized spacial score (nSPS) is 12.2. The van der Waals surface area contributed by atoms with Gasteiger partial charge in [-0.15, -0.1) is 0 Å². The molecule has 0 saturated heterocycles. The van der Waals surface area contributed by atoms with Crippen LogP contribution in [0.15, 0.2) is 48.5 Å². The van der Waals surface area contributed by atoms with Gasteiger partial charge in [0.15, 0.2) is 6.61 Å². The summed E-state index contributed by atoms with van der Waals surface area (Å²) < 4.78 is 5.31. The molecule has 1 aromatic heterocycles. The number of hydrogen-bond acceptors (Lipinski definition) is 5. The predicted molar refractivity (Wildman–Crippen MR) is 104 cm³/mol. The van der Waals surface area contributed by atoms with E-state index in [1.807, 2.05) is 30.3 Å². The predicted octanol–water partition coefficient (Wildman–Crippen LogP) is 3.39. The second kappa shape index (κ2) is 7.49. The van der Waals surface area contributed by atoms with E-state index in [1.165, 1.54) is 0 Å². The SMILES string of the molecule is N#Cc1cccc(NC(=O)COC(=O)c2c3c(nc4ccccc24)CCC3)c1. The van der Waals surface area contributed by atoms with E-state index in [-0.39, 0.29) is 0 Å². The van der Waals surface area contributed by atoms with Crippen LogP contribution in [-0.4, -0.2) is 23.5 Å². The molecular formula is C22H17N3O3. The van der Waals surface area contributed by atoms with Crippen LogP contribution in [0.3, 0.4) is 0 Å². The summed E-state index contributed by atoms with van der Waals surface area (Å²) in [6, 6.07) is 16.0. The van der Waals surface area contributed by atoms with Gasteiger partial charge in [-0.1, -0.05) is 24.3 Å². The van der Waals surface area contributed by atoms with Crippen molar-refractivity contribution in [1.82, 2.24) is 4.98 Å². The number of nitriles is 1. The lowest BCUT2D eigenvalue weighted by Crippen LogP contribution is -2.21. The van der Waals surface area contributed by atoms with Crippen LogP contribution in [0, 0.1) is 11.3 Å². The van der Waals surface area contributed by atoms with Crippen LogP contribution in [0.5, 0.6) is 0 Å². The molecule has 4 rings (SSSR count). The van der Waals surface area contributed by atoms with Crippen molar-refractivity contribution in [3.63, 3.8) is 0 Å². The molecule has 0 bridgehead atoms. The van der Waals surface area contributed by atoms with E-state index in [2.05, 4.69) is 10.3 Å². The van der Waals surface area contributed by atoms with Crippen LogP contribution in [0.2, 0.25) is 0 Å². The Morgan fingerprint density at radius 2 is 2.00 bits per heavy atom. The molecule has 0 fully saturated rings. The molecule has 1 aliphatic carbocycles. The van der Waals surface area contributed by atoms with E-state index < -0.39 is 18.5 Å². The topological polar surface area (TPSA) is 92.1 Å². The minimum absolute atomic E-state index is 0.402. The fourth-order valence-electron chi connectivity index (χ4n) is 3.51. The smallest absolute Gasteiger partial charge is 0.339 e. The number of aryl methyl sites for hydroxylation is 1. The molecule has 3 aromatic rings. The first-order valence-electron chi connectivity index (χ1n) is 9.03. The standard InChI is InChI=1S/C22H17N3O3/c23-12-14-5-3-6-15(11-14)24-20(26)13-28-22(27)21-16-7-1-2-9-18(16)25-19-10-4-8-17(19)21/h1-3,5-7,9,11H,4,8,10,13H2,(H,24,26). The van der Waals surface area contributed by atoms with Crippen molar-refractivity contribution in [3.8, 4) is 6.07 Å². The van der Waals surface area contributed by atoms with Gasteiger partial charge >= 0.3 is 5.97 Å². The summed E-state index contributed by atoms with van der Waals surface area (Å²) in [6.07, 6.45) is 2.58. The van der Waals surface area contributed by atoms with Crippen molar-refractivity contribution in [2.24, 2.45) is 0 Å². The van der Waals surface area contributed by atoms with Crippen molar-refractivity contribution >= 4 is 28.5 Å². The summed E-state index contributed by atoms with van der Waals surface area (Å²) in [5.41, 5.74) is 4.04. The first-order valence-corrected chi connectivity index (χ1v) is 9.03. The molecule has 138 valence electrons. The lowest BCUT2D eigenvalue weighted by atomic mass is 10.0. The molecule has 28 heavy (non-hydrogen) atoms. The lowest BCUT2D eigenvalue weighted by molar-refractivity contribution is -0.119. The van der Waals surface area contributed by atoms with E-state index in [9.17, 15) is 9.59 Å². The van der Waals surface area contributed by atoms with Gasteiger partial charge in [-0.05, 0) is 49.1 Å². The molecule has 1 amide bonds. The van der Waals surface area contributed by atoms with Crippen LogP contribution in [0.1, 0.15) is 33.6 Å². The fraction of sp³-hybridized carbons (Fsp3) is 0.182. The number of esters is 1. The lowest BCUT2D eigenvalue weighted by Gasteiger charge is -2.12. The molecule has 0 aliphatic heterocycles. The maximum absolute atomic E-state index is 12.8. The molecule has 6 heteroatoms. The summed E-state index contributed by atoms with van der Waals surface area (Å²) in [5, 5.41) is 12.3. The zero-order valence-electron chi connectivity index (χ0n) is 15.1. The van der Waals surface area contributed by atoms with E-state index in [0.29, 0.717) is 16.8 Å². The van der Waals surface area contributed by atoms with E-state index in [4.69, 9.17) is 10.00 Å². The van der Waals surface area contributed by atoms with Crippen molar-refractivity contribution < 1.29 is 14.3 Å². The molecule has 0 spiro atoms. The van der Waals surface area contributed by atoms with Crippen molar-refractivity contribution in [2.45, 2.75) is 19.3 Å². The number of benzene rings is 2. The van der Waals surface area contributed by atoms with Crippen LogP contribution in [-0.2, 0) is 22.4 Å². The van der Waals surface area contributed by atoms with Gasteiger partial charge in [-0.2, -0.15) is 5.26 Å². The Hall–Kier alpha value is -3.72. The third-order valence-corrected chi connectivity index (χ3v) is 4.73. The molecule has 1 aliphatic rings. The van der Waals surface area contributed by atoms with Gasteiger partial charge < -0.3 is 10.1 Å². The monoisotopic (exact) mass is 371 g/mol. The Bertz CT molecular complexity index is 1130. The molecular weight excluding hydrogens is 354 g/mol. The number of ether oxygens (including phenoxy) is 1. The van der Waals surface area contributed by atoms with Crippen molar-refractivity contribution in [3.05, 3.63) is 70.9 Å². The molecule has 1 N–H and O–H groups in total. The number of nitrogens with zero attached hydrogens (tertiary/aromatic N) is 2. The maximum atomic E-state index is 12.8. The third kappa shape index (κ3) is 3.42.